The molecule has 6 nitrogen and oxygen atoms in total. The van der Waals surface area contributed by atoms with Crippen molar-refractivity contribution in [2.24, 2.45) is 0 Å². The van der Waals surface area contributed by atoms with Gasteiger partial charge in [0.2, 0.25) is 5.91 Å². The van der Waals surface area contributed by atoms with E-state index in [-0.39, 0.29) is 18.4 Å². The average molecular weight is 377 g/mol. The summed E-state index contributed by atoms with van der Waals surface area (Å²) in [5.74, 6) is 0.518. The van der Waals surface area contributed by atoms with Crippen molar-refractivity contribution in [3.8, 4) is 11.8 Å². The van der Waals surface area contributed by atoms with Crippen LogP contribution in [-0.2, 0) is 22.6 Å². The van der Waals surface area contributed by atoms with E-state index in [1.807, 2.05) is 41.3 Å². The summed E-state index contributed by atoms with van der Waals surface area (Å²) in [7, 11) is 0. The van der Waals surface area contributed by atoms with Gasteiger partial charge in [-0.2, -0.15) is 5.26 Å². The van der Waals surface area contributed by atoms with Crippen LogP contribution in [-0.4, -0.2) is 25.0 Å². The van der Waals surface area contributed by atoms with Gasteiger partial charge in [-0.25, -0.2) is 0 Å². The smallest absolute Gasteiger partial charge is 0.258 e. The molecule has 144 valence electrons. The molecule has 1 N–H and O–H groups in total. The van der Waals surface area contributed by atoms with Gasteiger partial charge in [-0.05, 0) is 48.2 Å². The van der Waals surface area contributed by atoms with Crippen molar-refractivity contribution >= 4 is 17.5 Å². The number of nitriles is 1. The lowest BCUT2D eigenvalue weighted by molar-refractivity contribution is -0.123. The molecule has 3 rings (SSSR count). The summed E-state index contributed by atoms with van der Waals surface area (Å²) in [6.45, 7) is 1.04. The summed E-state index contributed by atoms with van der Waals surface area (Å²) in [4.78, 5) is 25.9. The van der Waals surface area contributed by atoms with Crippen LogP contribution in [0.15, 0.2) is 48.5 Å². The molecule has 1 heterocycles. The number of carbonyl (C=O) groups excluding carboxylic acids is 2. The molecule has 0 aliphatic carbocycles. The second kappa shape index (κ2) is 9.56. The van der Waals surface area contributed by atoms with Crippen LogP contribution in [0.2, 0.25) is 0 Å². The fourth-order valence-electron chi connectivity index (χ4n) is 3.11. The van der Waals surface area contributed by atoms with E-state index in [1.165, 1.54) is 0 Å². The van der Waals surface area contributed by atoms with Crippen LogP contribution in [0.3, 0.4) is 0 Å². The number of nitrogens with zero attached hydrogens (tertiary/aromatic N) is 2. The van der Waals surface area contributed by atoms with Crippen molar-refractivity contribution in [2.75, 3.05) is 18.1 Å². The second-order valence-corrected chi connectivity index (χ2v) is 6.72. The molecule has 1 fully saturated rings. The number of piperidine rings is 1. The zero-order valence-corrected chi connectivity index (χ0v) is 15.7. The first kappa shape index (κ1) is 19.4. The first-order chi connectivity index (χ1) is 13.7. The third kappa shape index (κ3) is 5.34. The summed E-state index contributed by atoms with van der Waals surface area (Å²) < 4.78 is 5.47. The molecule has 1 saturated heterocycles. The van der Waals surface area contributed by atoms with Gasteiger partial charge in [0.05, 0.1) is 12.5 Å². The van der Waals surface area contributed by atoms with E-state index in [9.17, 15) is 9.59 Å². The Balaban J connectivity index is 1.48. The van der Waals surface area contributed by atoms with E-state index in [2.05, 4.69) is 11.4 Å². The van der Waals surface area contributed by atoms with Crippen LogP contribution in [0, 0.1) is 11.3 Å². The molecule has 28 heavy (non-hydrogen) atoms. The Kier molecular flexibility index (Phi) is 6.64. The third-order valence-electron chi connectivity index (χ3n) is 4.61. The molecule has 2 aromatic rings. The summed E-state index contributed by atoms with van der Waals surface area (Å²) in [6.07, 6.45) is 2.91. The van der Waals surface area contributed by atoms with Crippen LogP contribution in [0.1, 0.15) is 30.4 Å². The van der Waals surface area contributed by atoms with E-state index < -0.39 is 0 Å². The van der Waals surface area contributed by atoms with Crippen molar-refractivity contribution in [1.82, 2.24) is 5.32 Å². The lowest BCUT2D eigenvalue weighted by Crippen LogP contribution is -2.35. The molecule has 0 aromatic heterocycles. The predicted octanol–water partition coefficient (Wildman–Crippen LogP) is 2.96. The maximum Gasteiger partial charge on any atom is 0.258 e. The number of anilines is 1. The summed E-state index contributed by atoms with van der Waals surface area (Å²) >= 11 is 0. The molecule has 0 bridgehead atoms. The lowest BCUT2D eigenvalue weighted by Gasteiger charge is -2.27. The number of nitrogens with one attached hydrogen (secondary N) is 1. The van der Waals surface area contributed by atoms with Crippen LogP contribution in [0.5, 0.6) is 5.75 Å². The molecular weight excluding hydrogens is 354 g/mol. The molecule has 2 aromatic carbocycles. The van der Waals surface area contributed by atoms with Gasteiger partial charge in [-0.1, -0.05) is 24.3 Å². The number of benzene rings is 2. The fraction of sp³-hybridized carbons (Fsp3) is 0.318. The van der Waals surface area contributed by atoms with Gasteiger partial charge in [0, 0.05) is 25.2 Å². The standard InChI is InChI=1S/C22H23N3O3/c23-12-11-17-7-9-20(10-8-17)28-16-21(26)24-15-18-4-3-5-19(14-18)25-13-2-1-6-22(25)27/h3-5,7-10,14H,1-2,6,11,13,15-16H2,(H,24,26). The first-order valence-electron chi connectivity index (χ1n) is 9.40. The summed E-state index contributed by atoms with van der Waals surface area (Å²) in [5.41, 5.74) is 2.72. The van der Waals surface area contributed by atoms with Crippen molar-refractivity contribution in [3.63, 3.8) is 0 Å². The Morgan fingerprint density at radius 2 is 1.96 bits per heavy atom. The van der Waals surface area contributed by atoms with Crippen LogP contribution in [0.4, 0.5) is 5.69 Å². The highest BCUT2D eigenvalue weighted by Gasteiger charge is 2.19. The van der Waals surface area contributed by atoms with Gasteiger partial charge in [0.1, 0.15) is 5.75 Å². The Labute approximate surface area is 164 Å². The summed E-state index contributed by atoms with van der Waals surface area (Å²) in [5, 5.41) is 11.5. The zero-order chi connectivity index (χ0) is 19.8. The quantitative estimate of drug-likeness (QED) is 0.804. The molecule has 0 saturated carbocycles. The maximum atomic E-state index is 12.1. The van der Waals surface area contributed by atoms with Crippen LogP contribution in [0.25, 0.3) is 0 Å². The van der Waals surface area contributed by atoms with Crippen LogP contribution < -0.4 is 15.0 Å². The molecule has 6 heteroatoms. The van der Waals surface area contributed by atoms with Gasteiger partial charge in [0.25, 0.3) is 5.91 Å². The predicted molar refractivity (Wildman–Crippen MR) is 106 cm³/mol. The van der Waals surface area contributed by atoms with E-state index in [0.717, 1.165) is 36.2 Å². The van der Waals surface area contributed by atoms with E-state index >= 15 is 0 Å². The number of hydrogen-bond donors (Lipinski definition) is 1. The highest BCUT2D eigenvalue weighted by atomic mass is 16.5. The minimum absolute atomic E-state index is 0.0815. The summed E-state index contributed by atoms with van der Waals surface area (Å²) in [6, 6.07) is 16.9. The highest BCUT2D eigenvalue weighted by molar-refractivity contribution is 5.94. The minimum atomic E-state index is -0.222. The third-order valence-corrected chi connectivity index (χ3v) is 4.61. The number of ether oxygens (including phenoxy) is 1. The van der Waals surface area contributed by atoms with Gasteiger partial charge < -0.3 is 15.0 Å². The van der Waals surface area contributed by atoms with Gasteiger partial charge in [-0.3, -0.25) is 9.59 Å². The topological polar surface area (TPSA) is 82.4 Å². The lowest BCUT2D eigenvalue weighted by atomic mass is 10.1. The molecule has 0 unspecified atom stereocenters. The Morgan fingerprint density at radius 1 is 1.14 bits per heavy atom. The molecule has 1 aliphatic heterocycles. The molecule has 0 atom stereocenters. The van der Waals surface area contributed by atoms with E-state index in [1.54, 1.807) is 12.1 Å². The molecule has 1 aliphatic rings. The van der Waals surface area contributed by atoms with Crippen LogP contribution >= 0.6 is 0 Å². The Bertz CT molecular complexity index is 871. The van der Waals surface area contributed by atoms with Crippen molar-refractivity contribution in [2.45, 2.75) is 32.2 Å². The maximum absolute atomic E-state index is 12.1. The zero-order valence-electron chi connectivity index (χ0n) is 15.7. The largest absolute Gasteiger partial charge is 0.484 e. The monoisotopic (exact) mass is 377 g/mol. The van der Waals surface area contributed by atoms with Gasteiger partial charge in [-0.15, -0.1) is 0 Å². The van der Waals surface area contributed by atoms with E-state index in [4.69, 9.17) is 10.00 Å². The van der Waals surface area contributed by atoms with Gasteiger partial charge in [0.15, 0.2) is 6.61 Å². The number of carbonyl (C=O) groups is 2. The van der Waals surface area contributed by atoms with E-state index in [0.29, 0.717) is 25.1 Å². The van der Waals surface area contributed by atoms with Crippen molar-refractivity contribution in [1.29, 1.82) is 5.26 Å². The van der Waals surface area contributed by atoms with Gasteiger partial charge >= 0.3 is 0 Å². The first-order valence-corrected chi connectivity index (χ1v) is 9.40. The Hall–Kier alpha value is -3.33. The number of rotatable bonds is 7. The molecule has 0 spiro atoms. The molecule has 2 amide bonds. The second-order valence-electron chi connectivity index (χ2n) is 6.72. The highest BCUT2D eigenvalue weighted by Crippen LogP contribution is 2.22. The SMILES string of the molecule is N#CCc1ccc(OCC(=O)NCc2cccc(N3CCCCC3=O)c2)cc1. The molecule has 0 radical (unpaired) electrons. The number of hydrogen-bond acceptors (Lipinski definition) is 4. The van der Waals surface area contributed by atoms with Crippen molar-refractivity contribution in [3.05, 3.63) is 59.7 Å². The normalized spacial score (nSPS) is 13.7. The fourth-order valence-corrected chi connectivity index (χ4v) is 3.11. The number of amides is 2. The van der Waals surface area contributed by atoms with Crippen molar-refractivity contribution < 1.29 is 14.3 Å². The molecular formula is C22H23N3O3. The Morgan fingerprint density at radius 3 is 2.71 bits per heavy atom. The average Bonchev–Trinajstić information content (AvgIpc) is 2.72. The minimum Gasteiger partial charge on any atom is -0.484 e.